The number of rotatable bonds is 9. The van der Waals surface area contributed by atoms with Crippen molar-refractivity contribution < 1.29 is 9.47 Å². The van der Waals surface area contributed by atoms with E-state index in [0.29, 0.717) is 17.8 Å². The van der Waals surface area contributed by atoms with Crippen molar-refractivity contribution in [3.05, 3.63) is 28.8 Å². The third kappa shape index (κ3) is 8.10. The van der Waals surface area contributed by atoms with Crippen molar-refractivity contribution in [3.63, 3.8) is 0 Å². The second-order valence-electron chi connectivity index (χ2n) is 9.00. The molecule has 1 aliphatic rings. The van der Waals surface area contributed by atoms with Gasteiger partial charge in [0, 0.05) is 0 Å². The molecule has 0 radical (unpaired) electrons. The summed E-state index contributed by atoms with van der Waals surface area (Å²) < 4.78 is 12.9. The first-order chi connectivity index (χ1) is 13.9. The van der Waals surface area contributed by atoms with E-state index in [9.17, 15) is 0 Å². The second-order valence-corrected chi connectivity index (χ2v) is 10.7. The van der Waals surface area contributed by atoms with Gasteiger partial charge in [0.1, 0.15) is 0 Å². The fourth-order valence-corrected chi connectivity index (χ4v) is 5.83. The minimum absolute atomic E-state index is 0.0379. The number of hydrogen-bond acceptors (Lipinski definition) is 2. The molecule has 2 rings (SSSR count). The first-order valence-corrected chi connectivity index (χ1v) is 13.2. The van der Waals surface area contributed by atoms with Gasteiger partial charge in [-0.1, -0.05) is 0 Å². The number of hydrogen-bond donors (Lipinski definition) is 0. The number of ether oxygens (including phenoxy) is 2. The van der Waals surface area contributed by atoms with Gasteiger partial charge < -0.3 is 0 Å². The molecule has 1 aromatic carbocycles. The topological polar surface area (TPSA) is 18.5 Å². The Kier molecular flexibility index (Phi) is 10.8. The average molecular weight is 464 g/mol. The van der Waals surface area contributed by atoms with Gasteiger partial charge in [-0.3, -0.25) is 0 Å². The van der Waals surface area contributed by atoms with Gasteiger partial charge in [-0.05, 0) is 0 Å². The zero-order valence-electron chi connectivity index (χ0n) is 19.3. The van der Waals surface area contributed by atoms with Gasteiger partial charge >= 0.3 is 186 Å². The van der Waals surface area contributed by atoms with Crippen LogP contribution in [-0.2, 0) is 9.47 Å². The van der Waals surface area contributed by atoms with Crippen LogP contribution >= 0.6 is 0 Å². The first kappa shape index (κ1) is 24.5. The minimum atomic E-state index is 0.0379. The van der Waals surface area contributed by atoms with Crippen LogP contribution < -0.4 is 4.46 Å². The van der Waals surface area contributed by atoms with E-state index in [-0.39, 0.29) is 21.2 Å². The monoisotopic (exact) mass is 464 g/mol. The fourth-order valence-electron chi connectivity index (χ4n) is 3.52. The second kappa shape index (κ2) is 12.8. The Morgan fingerprint density at radius 2 is 1.69 bits per heavy atom. The molecule has 0 N–H and O–H groups in total. The molecule has 1 saturated heterocycles. The van der Waals surface area contributed by atoms with Crippen molar-refractivity contribution in [2.45, 2.75) is 104 Å². The quantitative estimate of drug-likeness (QED) is 0.252. The predicted octanol–water partition coefficient (Wildman–Crippen LogP) is 6.06. The molecule has 0 amide bonds. The van der Waals surface area contributed by atoms with Crippen molar-refractivity contribution in [2.75, 3.05) is 13.2 Å². The molecule has 1 atom stereocenters. The molecule has 29 heavy (non-hydrogen) atoms. The van der Waals surface area contributed by atoms with E-state index in [2.05, 4.69) is 64.4 Å². The Bertz CT molecular complexity index is 647. The van der Waals surface area contributed by atoms with Crippen LogP contribution in [-0.4, -0.2) is 34.5 Å². The normalized spacial score (nSPS) is 17.1. The summed E-state index contributed by atoms with van der Waals surface area (Å²) in [5.41, 5.74) is 4.48. The Morgan fingerprint density at radius 1 is 1.00 bits per heavy atom. The fraction of sp³-hybridized carbons (Fsp3) is 0.692. The molecule has 0 spiro atoms. The van der Waals surface area contributed by atoms with Gasteiger partial charge in [0.05, 0.1) is 0 Å². The van der Waals surface area contributed by atoms with Crippen molar-refractivity contribution in [2.24, 2.45) is 0 Å². The average Bonchev–Trinajstić information content (AvgIpc) is 2.70. The predicted molar refractivity (Wildman–Crippen MR) is 125 cm³/mol. The SMILES string of the molecule is CC(C)c1cc(C(C)C)c([Se]C#CCCCCOC2CCCCO2)c(C(C)C)c1. The van der Waals surface area contributed by atoms with E-state index < -0.39 is 0 Å². The molecular weight excluding hydrogens is 423 g/mol. The third-order valence-corrected chi connectivity index (χ3v) is 7.38. The van der Waals surface area contributed by atoms with Crippen LogP contribution in [0.3, 0.4) is 0 Å². The van der Waals surface area contributed by atoms with Gasteiger partial charge in [-0.25, -0.2) is 0 Å². The van der Waals surface area contributed by atoms with Crippen LogP contribution in [0.5, 0.6) is 0 Å². The summed E-state index contributed by atoms with van der Waals surface area (Å²) in [4.78, 5) is 3.53. The van der Waals surface area contributed by atoms with Crippen LogP contribution in [0.4, 0.5) is 0 Å². The molecule has 0 saturated carbocycles. The summed E-state index contributed by atoms with van der Waals surface area (Å²) in [6.07, 6.45) is 6.63. The van der Waals surface area contributed by atoms with Crippen molar-refractivity contribution in [1.82, 2.24) is 0 Å². The van der Waals surface area contributed by atoms with E-state index in [1.165, 1.54) is 34.0 Å². The van der Waals surface area contributed by atoms with Gasteiger partial charge in [0.15, 0.2) is 0 Å². The zero-order chi connectivity index (χ0) is 21.2. The zero-order valence-corrected chi connectivity index (χ0v) is 21.1. The number of benzene rings is 1. The molecule has 162 valence electrons. The molecule has 1 aromatic rings. The molecule has 0 aliphatic carbocycles. The summed E-state index contributed by atoms with van der Waals surface area (Å²) in [6.45, 7) is 15.5. The third-order valence-electron chi connectivity index (χ3n) is 5.44. The van der Waals surface area contributed by atoms with Crippen molar-refractivity contribution in [1.29, 1.82) is 0 Å². The number of unbranched alkanes of at least 4 members (excludes halogenated alkanes) is 2. The van der Waals surface area contributed by atoms with Gasteiger partial charge in [-0.2, -0.15) is 0 Å². The van der Waals surface area contributed by atoms with Gasteiger partial charge in [0.25, 0.3) is 0 Å². The molecule has 0 aromatic heterocycles. The van der Waals surface area contributed by atoms with E-state index in [0.717, 1.165) is 38.9 Å². The van der Waals surface area contributed by atoms with Gasteiger partial charge in [-0.15, -0.1) is 0 Å². The maximum absolute atomic E-state index is 5.81. The maximum atomic E-state index is 5.81. The first-order valence-electron chi connectivity index (χ1n) is 11.5. The summed E-state index contributed by atoms with van der Waals surface area (Å²) >= 11 is 0.223. The molecule has 3 heteroatoms. The van der Waals surface area contributed by atoms with Crippen molar-refractivity contribution in [3.8, 4) is 10.7 Å². The summed E-state index contributed by atoms with van der Waals surface area (Å²) in [5.74, 6) is 5.09. The molecule has 0 bridgehead atoms. The molecule has 1 fully saturated rings. The molecule has 2 nitrogen and oxygen atoms in total. The Balaban J connectivity index is 1.89. The van der Waals surface area contributed by atoms with Crippen molar-refractivity contribution >= 4 is 19.4 Å². The molecule has 1 unspecified atom stereocenters. The van der Waals surface area contributed by atoms with Crippen LogP contribution in [0.25, 0.3) is 0 Å². The Hall–Kier alpha value is -0.781. The van der Waals surface area contributed by atoms with E-state index >= 15 is 0 Å². The van der Waals surface area contributed by atoms with Crippen LogP contribution in [0.2, 0.25) is 0 Å². The van der Waals surface area contributed by atoms with E-state index in [4.69, 9.17) is 9.47 Å². The van der Waals surface area contributed by atoms with Crippen LogP contribution in [0, 0.1) is 10.7 Å². The summed E-state index contributed by atoms with van der Waals surface area (Å²) in [6, 6.07) is 4.87. The Morgan fingerprint density at radius 3 is 2.24 bits per heavy atom. The summed E-state index contributed by atoms with van der Waals surface area (Å²) in [7, 11) is 0. The van der Waals surface area contributed by atoms with Crippen LogP contribution in [0.15, 0.2) is 12.1 Å². The molecule has 1 aliphatic heterocycles. The molecular formula is C26H40O2Se. The van der Waals surface area contributed by atoms with Crippen LogP contribution in [0.1, 0.15) is 115 Å². The summed E-state index contributed by atoms with van der Waals surface area (Å²) in [5, 5.41) is 0. The van der Waals surface area contributed by atoms with Gasteiger partial charge in [0.2, 0.25) is 0 Å². The molecule has 1 heterocycles. The Labute approximate surface area is 185 Å². The van der Waals surface area contributed by atoms with E-state index in [1.807, 2.05) is 0 Å². The van der Waals surface area contributed by atoms with E-state index in [1.54, 1.807) is 0 Å². The standard InChI is InChI=1S/C26H40O2Se/c1-19(2)22-17-23(20(3)4)26(24(18-22)21(5)6)29-16-12-8-7-10-14-27-25-13-9-11-15-28-25/h17-21,25H,7-11,13-15H2,1-6H3.